The maximum Gasteiger partial charge on any atom is 0.295 e. The molecule has 1 unspecified atom stereocenters. The Bertz CT molecular complexity index is 1070. The summed E-state index contributed by atoms with van der Waals surface area (Å²) in [5.74, 6) is 0.190. The Morgan fingerprint density at radius 2 is 1.91 bits per heavy atom. The number of morpholine rings is 1. The van der Waals surface area contributed by atoms with E-state index in [4.69, 9.17) is 13.9 Å². The second-order valence-electron chi connectivity index (χ2n) is 8.98. The standard InChI is InChI=1S/C27H34N2O6/c1-3-4-15-34-21-8-5-7-20(18-21)25(30)23-24(22-10-9-19(2)35-22)29(27(32)26(23)31)12-6-11-28-13-16-33-17-14-28/h5,7-10,18,24,30H,3-4,6,11-17H2,1-2H3/b25-23+. The highest BCUT2D eigenvalue weighted by atomic mass is 16.5. The average Bonchev–Trinajstić information content (AvgIpc) is 3.40. The Morgan fingerprint density at radius 3 is 2.63 bits per heavy atom. The zero-order chi connectivity index (χ0) is 24.8. The van der Waals surface area contributed by atoms with Gasteiger partial charge in [-0.2, -0.15) is 0 Å². The number of hydrogen-bond donors (Lipinski definition) is 1. The van der Waals surface area contributed by atoms with Crippen molar-refractivity contribution in [2.24, 2.45) is 0 Å². The first kappa shape index (κ1) is 25.0. The third-order valence-corrected chi connectivity index (χ3v) is 6.42. The molecule has 1 atom stereocenters. The number of amides is 1. The number of Topliss-reactive ketones (excluding diaryl/α,β-unsaturated/α-hetero) is 1. The number of unbranched alkanes of at least 4 members (excludes halogenated alkanes) is 1. The van der Waals surface area contributed by atoms with E-state index < -0.39 is 17.7 Å². The molecule has 2 saturated heterocycles. The molecule has 2 aliphatic heterocycles. The van der Waals surface area contributed by atoms with E-state index in [1.165, 1.54) is 4.90 Å². The topological polar surface area (TPSA) is 92.5 Å². The Balaban J connectivity index is 1.61. The lowest BCUT2D eigenvalue weighted by molar-refractivity contribution is -0.140. The molecule has 35 heavy (non-hydrogen) atoms. The normalized spacial score (nSPS) is 20.5. The summed E-state index contributed by atoms with van der Waals surface area (Å²) < 4.78 is 17.0. The number of hydrogen-bond acceptors (Lipinski definition) is 7. The van der Waals surface area contributed by atoms with E-state index in [9.17, 15) is 14.7 Å². The van der Waals surface area contributed by atoms with Gasteiger partial charge in [0.2, 0.25) is 0 Å². The number of likely N-dealkylation sites (tertiary alicyclic amines) is 1. The van der Waals surface area contributed by atoms with Crippen LogP contribution in [0.4, 0.5) is 0 Å². The quantitative estimate of drug-likeness (QED) is 0.238. The van der Waals surface area contributed by atoms with Crippen LogP contribution >= 0.6 is 0 Å². The van der Waals surface area contributed by atoms with Crippen molar-refractivity contribution in [1.29, 1.82) is 0 Å². The van der Waals surface area contributed by atoms with Gasteiger partial charge in [0.15, 0.2) is 0 Å². The lowest BCUT2D eigenvalue weighted by atomic mass is 9.99. The predicted octanol–water partition coefficient (Wildman–Crippen LogP) is 3.91. The number of furan rings is 1. The molecule has 2 aliphatic rings. The summed E-state index contributed by atoms with van der Waals surface area (Å²) in [6, 6.07) is 9.76. The number of ether oxygens (including phenoxy) is 2. The highest BCUT2D eigenvalue weighted by Gasteiger charge is 2.47. The van der Waals surface area contributed by atoms with Gasteiger partial charge in [0, 0.05) is 31.7 Å². The third kappa shape index (κ3) is 5.77. The van der Waals surface area contributed by atoms with Gasteiger partial charge in [-0.25, -0.2) is 0 Å². The molecule has 0 saturated carbocycles. The number of aryl methyl sites for hydroxylation is 1. The van der Waals surface area contributed by atoms with Gasteiger partial charge < -0.3 is 23.9 Å². The van der Waals surface area contributed by atoms with Crippen LogP contribution in [0.25, 0.3) is 5.76 Å². The van der Waals surface area contributed by atoms with Gasteiger partial charge in [-0.3, -0.25) is 14.5 Å². The first-order valence-corrected chi connectivity index (χ1v) is 12.4. The van der Waals surface area contributed by atoms with Gasteiger partial charge in [0.05, 0.1) is 25.4 Å². The lowest BCUT2D eigenvalue weighted by Gasteiger charge is -2.28. The fourth-order valence-electron chi connectivity index (χ4n) is 4.52. The molecule has 1 aromatic heterocycles. The van der Waals surface area contributed by atoms with Crippen molar-refractivity contribution < 1.29 is 28.6 Å². The molecule has 0 aliphatic carbocycles. The summed E-state index contributed by atoms with van der Waals surface area (Å²) in [7, 11) is 0. The fraction of sp³-hybridized carbons (Fsp3) is 0.481. The molecule has 3 heterocycles. The summed E-state index contributed by atoms with van der Waals surface area (Å²) in [6.07, 6.45) is 2.63. The van der Waals surface area contributed by atoms with Crippen LogP contribution in [-0.2, 0) is 14.3 Å². The van der Waals surface area contributed by atoms with Crippen LogP contribution in [0.2, 0.25) is 0 Å². The number of rotatable bonds is 10. The van der Waals surface area contributed by atoms with Crippen LogP contribution in [0.15, 0.2) is 46.4 Å². The van der Waals surface area contributed by atoms with Crippen molar-refractivity contribution in [3.05, 3.63) is 59.1 Å². The van der Waals surface area contributed by atoms with Crippen molar-refractivity contribution in [3.8, 4) is 5.75 Å². The zero-order valence-corrected chi connectivity index (χ0v) is 20.5. The Kier molecular flexibility index (Phi) is 8.25. The maximum absolute atomic E-state index is 13.2. The lowest BCUT2D eigenvalue weighted by Crippen LogP contribution is -2.38. The minimum absolute atomic E-state index is 0.0430. The van der Waals surface area contributed by atoms with Gasteiger partial charge in [0.1, 0.15) is 29.1 Å². The van der Waals surface area contributed by atoms with Crippen LogP contribution in [0.3, 0.4) is 0 Å². The number of ketones is 1. The van der Waals surface area contributed by atoms with Crippen molar-refractivity contribution in [1.82, 2.24) is 9.80 Å². The summed E-state index contributed by atoms with van der Waals surface area (Å²) in [5, 5.41) is 11.3. The molecule has 1 N–H and O–H groups in total. The van der Waals surface area contributed by atoms with Gasteiger partial charge in [0.25, 0.3) is 11.7 Å². The van der Waals surface area contributed by atoms with E-state index >= 15 is 0 Å². The highest BCUT2D eigenvalue weighted by molar-refractivity contribution is 6.46. The summed E-state index contributed by atoms with van der Waals surface area (Å²) in [6.45, 7) is 8.77. The number of aliphatic hydroxyl groups excluding tert-OH is 1. The summed E-state index contributed by atoms with van der Waals surface area (Å²) >= 11 is 0. The number of carbonyl (C=O) groups excluding carboxylic acids is 2. The van der Waals surface area contributed by atoms with Crippen molar-refractivity contribution in [2.45, 2.75) is 39.2 Å². The monoisotopic (exact) mass is 482 g/mol. The highest BCUT2D eigenvalue weighted by Crippen LogP contribution is 2.40. The molecule has 8 heteroatoms. The minimum atomic E-state index is -0.780. The van der Waals surface area contributed by atoms with E-state index in [-0.39, 0.29) is 11.3 Å². The van der Waals surface area contributed by atoms with Crippen molar-refractivity contribution >= 4 is 17.4 Å². The molecule has 2 fully saturated rings. The molecule has 8 nitrogen and oxygen atoms in total. The van der Waals surface area contributed by atoms with Crippen LogP contribution in [0, 0.1) is 6.92 Å². The molecular weight excluding hydrogens is 448 g/mol. The molecule has 4 rings (SSSR count). The molecule has 0 bridgehead atoms. The fourth-order valence-corrected chi connectivity index (χ4v) is 4.52. The third-order valence-electron chi connectivity index (χ3n) is 6.42. The SMILES string of the molecule is CCCCOc1cccc(/C(O)=C2\C(=O)C(=O)N(CCCN3CCOCC3)C2c2ccc(C)o2)c1. The number of nitrogens with zero attached hydrogens (tertiary/aromatic N) is 2. The van der Waals surface area contributed by atoms with Crippen molar-refractivity contribution in [2.75, 3.05) is 46.0 Å². The second-order valence-corrected chi connectivity index (χ2v) is 8.98. The van der Waals surface area contributed by atoms with Crippen LogP contribution in [-0.4, -0.2) is 72.6 Å². The number of aliphatic hydroxyl groups is 1. The summed E-state index contributed by atoms with van der Waals surface area (Å²) in [4.78, 5) is 30.1. The largest absolute Gasteiger partial charge is 0.507 e. The van der Waals surface area contributed by atoms with Gasteiger partial charge in [-0.05, 0) is 44.0 Å². The van der Waals surface area contributed by atoms with Gasteiger partial charge >= 0.3 is 0 Å². The zero-order valence-electron chi connectivity index (χ0n) is 20.5. The predicted molar refractivity (Wildman–Crippen MR) is 131 cm³/mol. The average molecular weight is 483 g/mol. The van der Waals surface area contributed by atoms with Crippen LogP contribution < -0.4 is 4.74 Å². The Morgan fingerprint density at radius 1 is 1.11 bits per heavy atom. The van der Waals surface area contributed by atoms with Crippen LogP contribution in [0.5, 0.6) is 5.75 Å². The summed E-state index contributed by atoms with van der Waals surface area (Å²) in [5.41, 5.74) is 0.472. The van der Waals surface area contributed by atoms with E-state index in [0.717, 1.165) is 32.5 Å². The molecule has 0 spiro atoms. The molecule has 188 valence electrons. The Labute approximate surface area is 206 Å². The Hall–Kier alpha value is -3.10. The first-order chi connectivity index (χ1) is 17.0. The number of benzene rings is 1. The van der Waals surface area contributed by atoms with E-state index in [0.29, 0.717) is 55.6 Å². The second kappa shape index (κ2) is 11.6. The van der Waals surface area contributed by atoms with Gasteiger partial charge in [-0.1, -0.05) is 25.5 Å². The maximum atomic E-state index is 13.2. The minimum Gasteiger partial charge on any atom is -0.507 e. The smallest absolute Gasteiger partial charge is 0.295 e. The van der Waals surface area contributed by atoms with Crippen LogP contribution in [0.1, 0.15) is 49.3 Å². The van der Waals surface area contributed by atoms with E-state index in [1.54, 1.807) is 30.3 Å². The van der Waals surface area contributed by atoms with E-state index in [1.807, 2.05) is 13.0 Å². The molecule has 1 aromatic carbocycles. The molecule has 0 radical (unpaired) electrons. The molecule has 1 amide bonds. The molecular formula is C27H34N2O6. The number of carbonyl (C=O) groups is 2. The first-order valence-electron chi connectivity index (χ1n) is 12.4. The van der Waals surface area contributed by atoms with Gasteiger partial charge in [-0.15, -0.1) is 0 Å². The van der Waals surface area contributed by atoms with Crippen molar-refractivity contribution in [3.63, 3.8) is 0 Å². The molecule has 2 aromatic rings. The van der Waals surface area contributed by atoms with E-state index in [2.05, 4.69) is 11.8 Å².